The van der Waals surface area contributed by atoms with Gasteiger partial charge in [-0.15, -0.1) is 4.91 Å². The molecule has 0 aliphatic carbocycles. The maximum absolute atomic E-state index is 11.7. The summed E-state index contributed by atoms with van der Waals surface area (Å²) in [6.45, 7) is 0. The van der Waals surface area contributed by atoms with E-state index in [9.17, 15) is 9.70 Å². The van der Waals surface area contributed by atoms with E-state index in [1.165, 1.54) is 0 Å². The summed E-state index contributed by atoms with van der Waals surface area (Å²) in [5.74, 6) is -0.0243. The van der Waals surface area contributed by atoms with E-state index >= 15 is 0 Å². The van der Waals surface area contributed by atoms with Crippen LogP contribution < -0.4 is 5.32 Å². The van der Waals surface area contributed by atoms with Crippen LogP contribution in [0.2, 0.25) is 0 Å². The lowest BCUT2D eigenvalue weighted by atomic mass is 10.1. The second kappa shape index (κ2) is 6.44. The van der Waals surface area contributed by atoms with Crippen LogP contribution >= 0.6 is 0 Å². The van der Waals surface area contributed by atoms with Crippen molar-refractivity contribution >= 4 is 17.3 Å². The SMILES string of the molecule is O=Nc1ccc(CCC(=O)Nc2ccccc2)cc1. The molecular formula is C15H14N2O2. The van der Waals surface area contributed by atoms with Crippen molar-refractivity contribution in [1.29, 1.82) is 0 Å². The Labute approximate surface area is 111 Å². The quantitative estimate of drug-likeness (QED) is 0.828. The molecule has 0 aromatic heterocycles. The molecule has 1 N–H and O–H groups in total. The number of carbonyl (C=O) groups excluding carboxylic acids is 1. The van der Waals surface area contributed by atoms with Gasteiger partial charge in [0.2, 0.25) is 5.91 Å². The Hall–Kier alpha value is -2.49. The molecule has 0 aliphatic heterocycles. The Kier molecular flexibility index (Phi) is 4.39. The van der Waals surface area contributed by atoms with Gasteiger partial charge in [0.25, 0.3) is 0 Å². The van der Waals surface area contributed by atoms with Gasteiger partial charge in [-0.25, -0.2) is 0 Å². The summed E-state index contributed by atoms with van der Waals surface area (Å²) in [6.07, 6.45) is 1.04. The lowest BCUT2D eigenvalue weighted by Crippen LogP contribution is -2.12. The maximum Gasteiger partial charge on any atom is 0.224 e. The van der Waals surface area contributed by atoms with Gasteiger partial charge in [0.05, 0.1) is 0 Å². The van der Waals surface area contributed by atoms with E-state index in [0.717, 1.165) is 11.3 Å². The van der Waals surface area contributed by atoms with E-state index < -0.39 is 0 Å². The fourth-order valence-electron chi connectivity index (χ4n) is 1.73. The number of nitroso groups, excluding NO2 is 1. The maximum atomic E-state index is 11.7. The monoisotopic (exact) mass is 254 g/mol. The summed E-state index contributed by atoms with van der Waals surface area (Å²) in [6, 6.07) is 16.3. The molecule has 2 aromatic rings. The molecule has 2 aromatic carbocycles. The average Bonchev–Trinajstić information content (AvgIpc) is 2.47. The third kappa shape index (κ3) is 4.03. The molecule has 2 rings (SSSR count). The van der Waals surface area contributed by atoms with Gasteiger partial charge in [-0.3, -0.25) is 4.79 Å². The standard InChI is InChI=1S/C15H14N2O2/c18-15(16-13-4-2-1-3-5-13)11-8-12-6-9-14(17-19)10-7-12/h1-7,9-10H,8,11H2,(H,16,18). The molecule has 0 bridgehead atoms. The van der Waals surface area contributed by atoms with Gasteiger partial charge in [-0.2, -0.15) is 0 Å². The number of nitrogens with one attached hydrogen (secondary N) is 1. The lowest BCUT2D eigenvalue weighted by Gasteiger charge is -2.05. The summed E-state index contributed by atoms with van der Waals surface area (Å²) in [5, 5.41) is 5.66. The van der Waals surface area contributed by atoms with Crippen LogP contribution in [0.4, 0.5) is 11.4 Å². The first-order valence-electron chi connectivity index (χ1n) is 6.05. The molecular weight excluding hydrogens is 240 g/mol. The Morgan fingerprint density at radius 2 is 1.68 bits per heavy atom. The molecule has 19 heavy (non-hydrogen) atoms. The summed E-state index contributed by atoms with van der Waals surface area (Å²) in [5.41, 5.74) is 2.21. The van der Waals surface area contributed by atoms with E-state index in [0.29, 0.717) is 18.5 Å². The minimum absolute atomic E-state index is 0.0243. The number of para-hydroxylation sites is 1. The second-order valence-corrected chi connectivity index (χ2v) is 4.17. The lowest BCUT2D eigenvalue weighted by molar-refractivity contribution is -0.116. The van der Waals surface area contributed by atoms with Crippen LogP contribution in [0.3, 0.4) is 0 Å². The van der Waals surface area contributed by atoms with Crippen LogP contribution in [-0.2, 0) is 11.2 Å². The molecule has 0 radical (unpaired) electrons. The predicted octanol–water partition coefficient (Wildman–Crippen LogP) is 3.66. The number of nitrogens with zero attached hydrogens (tertiary/aromatic N) is 1. The Morgan fingerprint density at radius 1 is 1.00 bits per heavy atom. The molecule has 0 aliphatic rings. The van der Waals surface area contributed by atoms with Crippen molar-refractivity contribution in [2.24, 2.45) is 5.18 Å². The first-order valence-corrected chi connectivity index (χ1v) is 6.05. The van der Waals surface area contributed by atoms with Gasteiger partial charge in [0, 0.05) is 12.1 Å². The van der Waals surface area contributed by atoms with Crippen molar-refractivity contribution in [3.05, 3.63) is 65.1 Å². The van der Waals surface area contributed by atoms with Crippen molar-refractivity contribution in [3.8, 4) is 0 Å². The number of benzene rings is 2. The van der Waals surface area contributed by atoms with Crippen LogP contribution in [0.15, 0.2) is 59.8 Å². The number of hydrogen-bond donors (Lipinski definition) is 1. The molecule has 0 spiro atoms. The first-order chi connectivity index (χ1) is 9.28. The third-order valence-corrected chi connectivity index (χ3v) is 2.74. The van der Waals surface area contributed by atoms with Crippen LogP contribution in [0.5, 0.6) is 0 Å². The largest absolute Gasteiger partial charge is 0.326 e. The normalized spacial score (nSPS) is 9.89. The average molecular weight is 254 g/mol. The molecule has 0 unspecified atom stereocenters. The highest BCUT2D eigenvalue weighted by molar-refractivity contribution is 5.90. The topological polar surface area (TPSA) is 58.5 Å². The zero-order valence-electron chi connectivity index (χ0n) is 10.4. The fraction of sp³-hybridized carbons (Fsp3) is 0.133. The van der Waals surface area contributed by atoms with Crippen molar-refractivity contribution in [2.45, 2.75) is 12.8 Å². The number of hydrogen-bond acceptors (Lipinski definition) is 3. The first kappa shape index (κ1) is 13.0. The highest BCUT2D eigenvalue weighted by atomic mass is 16.3. The summed E-state index contributed by atoms with van der Waals surface area (Å²) >= 11 is 0. The third-order valence-electron chi connectivity index (χ3n) is 2.74. The number of carbonyl (C=O) groups is 1. The van der Waals surface area contributed by atoms with Gasteiger partial charge in [0.1, 0.15) is 5.69 Å². The zero-order valence-corrected chi connectivity index (χ0v) is 10.4. The van der Waals surface area contributed by atoms with Crippen molar-refractivity contribution < 1.29 is 4.79 Å². The van der Waals surface area contributed by atoms with Crippen molar-refractivity contribution in [2.75, 3.05) is 5.32 Å². The summed E-state index contributed by atoms with van der Waals surface area (Å²) in [7, 11) is 0. The van der Waals surface area contributed by atoms with Crippen LogP contribution in [0, 0.1) is 4.91 Å². The summed E-state index contributed by atoms with van der Waals surface area (Å²) < 4.78 is 0. The molecule has 4 heteroatoms. The number of amides is 1. The van der Waals surface area contributed by atoms with Crippen LogP contribution in [-0.4, -0.2) is 5.91 Å². The minimum atomic E-state index is -0.0243. The highest BCUT2D eigenvalue weighted by Crippen LogP contribution is 2.14. The zero-order chi connectivity index (χ0) is 13.5. The molecule has 0 fully saturated rings. The van der Waals surface area contributed by atoms with E-state index in [1.54, 1.807) is 12.1 Å². The molecule has 0 atom stereocenters. The van der Waals surface area contributed by atoms with Gasteiger partial charge >= 0.3 is 0 Å². The molecule has 0 heterocycles. The molecule has 96 valence electrons. The molecule has 1 amide bonds. The summed E-state index contributed by atoms with van der Waals surface area (Å²) in [4.78, 5) is 22.0. The molecule has 0 saturated heterocycles. The van der Waals surface area contributed by atoms with Crippen molar-refractivity contribution in [1.82, 2.24) is 0 Å². The highest BCUT2D eigenvalue weighted by Gasteiger charge is 2.03. The smallest absolute Gasteiger partial charge is 0.224 e. The molecule has 0 saturated carbocycles. The van der Waals surface area contributed by atoms with E-state index in [2.05, 4.69) is 10.5 Å². The van der Waals surface area contributed by atoms with Gasteiger partial charge in [0.15, 0.2) is 0 Å². The Bertz CT molecular complexity index is 550. The Morgan fingerprint density at radius 3 is 2.32 bits per heavy atom. The molecule has 4 nitrogen and oxygen atoms in total. The number of aryl methyl sites for hydroxylation is 1. The van der Waals surface area contributed by atoms with Gasteiger partial charge in [-0.1, -0.05) is 30.3 Å². The fourth-order valence-corrected chi connectivity index (χ4v) is 1.73. The minimum Gasteiger partial charge on any atom is -0.326 e. The number of anilines is 1. The van der Waals surface area contributed by atoms with Crippen LogP contribution in [0.25, 0.3) is 0 Å². The van der Waals surface area contributed by atoms with Gasteiger partial charge < -0.3 is 5.32 Å². The van der Waals surface area contributed by atoms with E-state index in [-0.39, 0.29) is 5.91 Å². The predicted molar refractivity (Wildman–Crippen MR) is 75.3 cm³/mol. The number of rotatable bonds is 5. The van der Waals surface area contributed by atoms with Crippen LogP contribution in [0.1, 0.15) is 12.0 Å². The Balaban J connectivity index is 1.84. The van der Waals surface area contributed by atoms with Gasteiger partial charge in [-0.05, 0) is 41.4 Å². The van der Waals surface area contributed by atoms with E-state index in [4.69, 9.17) is 0 Å². The van der Waals surface area contributed by atoms with E-state index in [1.807, 2.05) is 42.5 Å². The van der Waals surface area contributed by atoms with Crippen molar-refractivity contribution in [3.63, 3.8) is 0 Å². The second-order valence-electron chi connectivity index (χ2n) is 4.17.